The number of likely N-dealkylation sites (N-methyl/N-ethyl adjacent to an activating group) is 1. The number of methoxy groups -OCH3 is 1. The Morgan fingerprint density at radius 1 is 1.25 bits per heavy atom. The Labute approximate surface area is 144 Å². The number of benzene rings is 1. The number of nitrogens with one attached hydrogen (secondary N) is 1. The van der Waals surface area contributed by atoms with Gasteiger partial charge in [0, 0.05) is 39.3 Å². The molecular formula is C18H29N3O3. The molecule has 1 unspecified atom stereocenters. The first-order valence-electron chi connectivity index (χ1n) is 8.48. The molecule has 1 aromatic carbocycles. The minimum absolute atomic E-state index is 0.0758. The van der Waals surface area contributed by atoms with Crippen molar-refractivity contribution in [2.75, 3.05) is 53.6 Å². The van der Waals surface area contributed by atoms with E-state index in [-0.39, 0.29) is 5.91 Å². The lowest BCUT2D eigenvalue weighted by molar-refractivity contribution is -0.123. The highest BCUT2D eigenvalue weighted by Gasteiger charge is 2.22. The van der Waals surface area contributed by atoms with E-state index in [9.17, 15) is 4.79 Å². The molecule has 6 nitrogen and oxygen atoms in total. The van der Waals surface area contributed by atoms with Gasteiger partial charge in [0.05, 0.1) is 13.2 Å². The van der Waals surface area contributed by atoms with E-state index >= 15 is 0 Å². The molecule has 0 saturated carbocycles. The van der Waals surface area contributed by atoms with Crippen LogP contribution in [0.15, 0.2) is 24.3 Å². The van der Waals surface area contributed by atoms with Crippen LogP contribution in [-0.4, -0.2) is 75.3 Å². The van der Waals surface area contributed by atoms with Crippen molar-refractivity contribution in [3.8, 4) is 5.75 Å². The predicted molar refractivity (Wildman–Crippen MR) is 94.2 cm³/mol. The molecule has 1 N–H and O–H groups in total. The van der Waals surface area contributed by atoms with Crippen LogP contribution in [0.4, 0.5) is 0 Å². The highest BCUT2D eigenvalue weighted by atomic mass is 16.5. The van der Waals surface area contributed by atoms with Gasteiger partial charge in [-0.1, -0.05) is 12.1 Å². The molecule has 134 valence electrons. The first-order valence-corrected chi connectivity index (χ1v) is 8.48. The van der Waals surface area contributed by atoms with Gasteiger partial charge in [-0.15, -0.1) is 0 Å². The van der Waals surface area contributed by atoms with Crippen LogP contribution < -0.4 is 10.1 Å². The van der Waals surface area contributed by atoms with E-state index in [1.807, 2.05) is 24.3 Å². The number of hydrogen-bond donors (Lipinski definition) is 1. The van der Waals surface area contributed by atoms with Crippen LogP contribution in [0.5, 0.6) is 5.75 Å². The molecule has 0 spiro atoms. The van der Waals surface area contributed by atoms with Crippen molar-refractivity contribution in [2.24, 2.45) is 0 Å². The molecule has 1 aromatic rings. The topological polar surface area (TPSA) is 54.0 Å². The normalized spacial score (nSPS) is 19.2. The molecule has 0 radical (unpaired) electrons. The molecule has 1 saturated heterocycles. The highest BCUT2D eigenvalue weighted by Crippen LogP contribution is 2.12. The van der Waals surface area contributed by atoms with Gasteiger partial charge in [-0.2, -0.15) is 0 Å². The summed E-state index contributed by atoms with van der Waals surface area (Å²) in [5, 5.41) is 2.99. The van der Waals surface area contributed by atoms with Gasteiger partial charge >= 0.3 is 0 Å². The Hall–Kier alpha value is -1.63. The van der Waals surface area contributed by atoms with Crippen LogP contribution in [0.25, 0.3) is 0 Å². The molecule has 1 heterocycles. The number of piperazine rings is 1. The van der Waals surface area contributed by atoms with Crippen molar-refractivity contribution in [1.82, 2.24) is 15.1 Å². The van der Waals surface area contributed by atoms with Gasteiger partial charge in [-0.05, 0) is 31.7 Å². The Morgan fingerprint density at radius 2 is 2.00 bits per heavy atom. The number of ether oxygens (including phenoxy) is 2. The molecule has 1 aliphatic rings. The number of nitrogens with zero attached hydrogens (tertiary/aromatic N) is 2. The summed E-state index contributed by atoms with van der Waals surface area (Å²) in [6.07, 6.45) is 0. The van der Waals surface area contributed by atoms with Crippen molar-refractivity contribution in [3.05, 3.63) is 29.8 Å². The van der Waals surface area contributed by atoms with E-state index in [1.54, 1.807) is 7.11 Å². The molecule has 0 aliphatic carbocycles. The maximum atomic E-state index is 12.1. The number of carbonyl (C=O) groups excluding carboxylic acids is 1. The summed E-state index contributed by atoms with van der Waals surface area (Å²) in [6, 6.07) is 8.19. The molecule has 0 aromatic heterocycles. The van der Waals surface area contributed by atoms with Gasteiger partial charge in [-0.3, -0.25) is 9.69 Å². The number of rotatable bonds is 8. The molecule has 1 fully saturated rings. The minimum atomic E-state index is 0.0758. The molecule has 1 atom stereocenters. The molecule has 24 heavy (non-hydrogen) atoms. The van der Waals surface area contributed by atoms with Crippen molar-refractivity contribution in [2.45, 2.75) is 19.5 Å². The third kappa shape index (κ3) is 6.11. The van der Waals surface area contributed by atoms with Crippen LogP contribution in [0.1, 0.15) is 12.5 Å². The van der Waals surface area contributed by atoms with Crippen LogP contribution in [-0.2, 0) is 16.1 Å². The van der Waals surface area contributed by atoms with Crippen molar-refractivity contribution in [3.63, 3.8) is 0 Å². The Bertz CT molecular complexity index is 507. The number of hydrogen-bond acceptors (Lipinski definition) is 5. The largest absolute Gasteiger partial charge is 0.491 e. The SMILES string of the molecule is COCCOc1ccc(CNC(=O)CN2CCN(C)CC2C)cc1. The zero-order valence-corrected chi connectivity index (χ0v) is 15.0. The molecule has 2 rings (SSSR count). The second-order valence-corrected chi connectivity index (χ2v) is 6.34. The number of amides is 1. The highest BCUT2D eigenvalue weighted by molar-refractivity contribution is 5.78. The lowest BCUT2D eigenvalue weighted by atomic mass is 10.2. The van der Waals surface area contributed by atoms with Gasteiger partial charge in [0.25, 0.3) is 0 Å². The summed E-state index contributed by atoms with van der Waals surface area (Å²) >= 11 is 0. The minimum Gasteiger partial charge on any atom is -0.491 e. The van der Waals surface area contributed by atoms with Gasteiger partial charge < -0.3 is 19.7 Å². The summed E-state index contributed by atoms with van der Waals surface area (Å²) in [6.45, 7) is 7.26. The maximum absolute atomic E-state index is 12.1. The lowest BCUT2D eigenvalue weighted by Gasteiger charge is -2.37. The summed E-state index contributed by atoms with van der Waals surface area (Å²) < 4.78 is 10.5. The molecule has 6 heteroatoms. The first-order chi connectivity index (χ1) is 11.6. The summed E-state index contributed by atoms with van der Waals surface area (Å²) in [5.41, 5.74) is 1.06. The van der Waals surface area contributed by atoms with Crippen LogP contribution in [0.3, 0.4) is 0 Å². The van der Waals surface area contributed by atoms with Gasteiger partial charge in [-0.25, -0.2) is 0 Å². The average Bonchev–Trinajstić information content (AvgIpc) is 2.57. The van der Waals surface area contributed by atoms with Crippen molar-refractivity contribution in [1.29, 1.82) is 0 Å². The quantitative estimate of drug-likeness (QED) is 0.717. The molecule has 1 aliphatic heterocycles. The fourth-order valence-electron chi connectivity index (χ4n) is 2.80. The van der Waals surface area contributed by atoms with E-state index in [2.05, 4.69) is 29.1 Å². The zero-order valence-electron chi connectivity index (χ0n) is 15.0. The predicted octanol–water partition coefficient (Wildman–Crippen LogP) is 0.964. The van der Waals surface area contributed by atoms with E-state index in [4.69, 9.17) is 9.47 Å². The summed E-state index contributed by atoms with van der Waals surface area (Å²) in [7, 11) is 3.77. The molecular weight excluding hydrogens is 306 g/mol. The lowest BCUT2D eigenvalue weighted by Crippen LogP contribution is -2.53. The Balaban J connectivity index is 1.71. The van der Waals surface area contributed by atoms with Crippen molar-refractivity contribution >= 4 is 5.91 Å². The van der Waals surface area contributed by atoms with Crippen LogP contribution in [0.2, 0.25) is 0 Å². The van der Waals surface area contributed by atoms with E-state index in [0.29, 0.717) is 32.3 Å². The molecule has 0 bridgehead atoms. The second-order valence-electron chi connectivity index (χ2n) is 6.34. The second kappa shape index (κ2) is 9.61. The maximum Gasteiger partial charge on any atom is 0.234 e. The fourth-order valence-corrected chi connectivity index (χ4v) is 2.80. The first kappa shape index (κ1) is 18.7. The van der Waals surface area contributed by atoms with Crippen LogP contribution >= 0.6 is 0 Å². The van der Waals surface area contributed by atoms with Crippen molar-refractivity contribution < 1.29 is 14.3 Å². The van der Waals surface area contributed by atoms with Crippen LogP contribution in [0, 0.1) is 0 Å². The fraction of sp³-hybridized carbons (Fsp3) is 0.611. The summed E-state index contributed by atoms with van der Waals surface area (Å²) in [4.78, 5) is 16.7. The zero-order chi connectivity index (χ0) is 17.4. The Kier molecular flexibility index (Phi) is 7.49. The van der Waals surface area contributed by atoms with E-state index in [1.165, 1.54) is 0 Å². The average molecular weight is 335 g/mol. The third-order valence-electron chi connectivity index (χ3n) is 4.28. The van der Waals surface area contributed by atoms with Gasteiger partial charge in [0.2, 0.25) is 5.91 Å². The smallest absolute Gasteiger partial charge is 0.234 e. The Morgan fingerprint density at radius 3 is 2.67 bits per heavy atom. The van der Waals surface area contributed by atoms with Gasteiger partial charge in [0.15, 0.2) is 0 Å². The number of carbonyl (C=O) groups is 1. The third-order valence-corrected chi connectivity index (χ3v) is 4.28. The summed E-state index contributed by atoms with van der Waals surface area (Å²) in [5.74, 6) is 0.889. The molecule has 1 amide bonds. The van der Waals surface area contributed by atoms with E-state index in [0.717, 1.165) is 30.9 Å². The standard InChI is InChI=1S/C18H29N3O3/c1-15-13-20(2)8-9-21(15)14-18(22)19-12-16-4-6-17(7-5-16)24-11-10-23-3/h4-7,15H,8-14H2,1-3H3,(H,19,22). The monoisotopic (exact) mass is 335 g/mol. The van der Waals surface area contributed by atoms with E-state index < -0.39 is 0 Å². The van der Waals surface area contributed by atoms with Gasteiger partial charge in [0.1, 0.15) is 12.4 Å².